The van der Waals surface area contributed by atoms with Gasteiger partial charge in [0.2, 0.25) is 0 Å². The van der Waals surface area contributed by atoms with E-state index in [4.69, 9.17) is 0 Å². The number of benzene rings is 4. The van der Waals surface area contributed by atoms with Crippen molar-refractivity contribution in [2.24, 2.45) is 0 Å². The number of fused-ring (bicyclic) bond motifs is 2. The molecule has 4 heteroatoms. The maximum Gasteiger partial charge on any atom is 0.255 e. The van der Waals surface area contributed by atoms with E-state index in [-0.39, 0.29) is 11.3 Å². The van der Waals surface area contributed by atoms with E-state index < -0.39 is 0 Å². The third-order valence-corrected chi connectivity index (χ3v) is 5.94. The van der Waals surface area contributed by atoms with Gasteiger partial charge in [-0.3, -0.25) is 9.69 Å². The highest BCUT2D eigenvalue weighted by Crippen LogP contribution is 2.37. The normalized spacial score (nSPS) is 11.4. The van der Waals surface area contributed by atoms with Crippen molar-refractivity contribution in [2.45, 2.75) is 13.1 Å². The van der Waals surface area contributed by atoms with Crippen LogP contribution in [0.2, 0.25) is 0 Å². The molecule has 0 aliphatic rings. The highest BCUT2D eigenvalue weighted by atomic mass is 16.3. The van der Waals surface area contributed by atoms with E-state index in [2.05, 4.69) is 71.5 Å². The van der Waals surface area contributed by atoms with Crippen LogP contribution in [0.5, 0.6) is 5.75 Å². The van der Waals surface area contributed by atoms with E-state index in [0.717, 1.165) is 29.6 Å². The first-order valence-corrected chi connectivity index (χ1v) is 10.7. The summed E-state index contributed by atoms with van der Waals surface area (Å²) in [6.07, 6.45) is 1.70. The van der Waals surface area contributed by atoms with Crippen molar-refractivity contribution < 1.29 is 5.11 Å². The Kier molecular flexibility index (Phi) is 5.21. The Morgan fingerprint density at radius 1 is 0.750 bits per heavy atom. The van der Waals surface area contributed by atoms with E-state index in [1.807, 2.05) is 12.1 Å². The summed E-state index contributed by atoms with van der Waals surface area (Å²) in [7, 11) is 2.13. The second kappa shape index (κ2) is 8.33. The smallest absolute Gasteiger partial charge is 0.255 e. The first kappa shape index (κ1) is 20.0. The number of hydrogen-bond acceptors (Lipinski definition) is 3. The summed E-state index contributed by atoms with van der Waals surface area (Å²) in [6.45, 7) is 1.68. The molecule has 1 aromatic heterocycles. The van der Waals surface area contributed by atoms with Crippen LogP contribution in [-0.4, -0.2) is 22.0 Å². The number of aromatic hydroxyl groups is 1. The number of nitrogens with one attached hydrogen (secondary N) is 1. The number of rotatable bonds is 5. The lowest BCUT2D eigenvalue weighted by Gasteiger charge is -2.19. The molecular weight excluding hydrogens is 396 g/mol. The quantitative estimate of drug-likeness (QED) is 0.384. The monoisotopic (exact) mass is 420 g/mol. The minimum absolute atomic E-state index is 0.111. The molecule has 0 unspecified atom stereocenters. The number of H-pyrrole nitrogens is 1. The molecule has 32 heavy (non-hydrogen) atoms. The maximum absolute atomic E-state index is 12.3. The summed E-state index contributed by atoms with van der Waals surface area (Å²) in [5.74, 6) is 0.111. The third-order valence-electron chi connectivity index (χ3n) is 5.94. The number of phenolic OH excluding ortho intramolecular Hbond substituents is 1. The summed E-state index contributed by atoms with van der Waals surface area (Å²) < 4.78 is 0. The summed E-state index contributed by atoms with van der Waals surface area (Å²) in [5, 5.41) is 13.9. The average Bonchev–Trinajstić information content (AvgIpc) is 2.81. The molecule has 5 aromatic rings. The van der Waals surface area contributed by atoms with Crippen molar-refractivity contribution in [3.05, 3.63) is 113 Å². The summed E-state index contributed by atoms with van der Waals surface area (Å²) in [4.78, 5) is 17.5. The summed E-state index contributed by atoms with van der Waals surface area (Å²) in [6, 6.07) is 28.1. The molecule has 0 aliphatic heterocycles. The average molecular weight is 421 g/mol. The van der Waals surface area contributed by atoms with Crippen LogP contribution in [0.25, 0.3) is 32.7 Å². The zero-order chi connectivity index (χ0) is 22.1. The van der Waals surface area contributed by atoms with Gasteiger partial charge in [0.05, 0.1) is 5.39 Å². The van der Waals surface area contributed by atoms with Crippen molar-refractivity contribution in [1.82, 2.24) is 9.88 Å². The highest BCUT2D eigenvalue weighted by Gasteiger charge is 2.15. The third kappa shape index (κ3) is 3.66. The van der Waals surface area contributed by atoms with Gasteiger partial charge in [0.15, 0.2) is 0 Å². The van der Waals surface area contributed by atoms with Crippen LogP contribution in [-0.2, 0) is 13.1 Å². The minimum atomic E-state index is -0.205. The second-order valence-corrected chi connectivity index (χ2v) is 8.21. The Balaban J connectivity index is 1.60. The fourth-order valence-corrected chi connectivity index (χ4v) is 4.49. The number of nitrogens with zero attached hydrogens (tertiary/aromatic N) is 1. The molecule has 0 spiro atoms. The number of aromatic nitrogens is 1. The van der Waals surface area contributed by atoms with Crippen LogP contribution in [0.4, 0.5) is 0 Å². The van der Waals surface area contributed by atoms with Crippen molar-refractivity contribution >= 4 is 21.5 Å². The van der Waals surface area contributed by atoms with Crippen LogP contribution in [0.15, 0.2) is 95.9 Å². The van der Waals surface area contributed by atoms with Gasteiger partial charge >= 0.3 is 0 Å². The molecule has 0 atom stereocenters. The van der Waals surface area contributed by atoms with Crippen LogP contribution in [0.3, 0.4) is 0 Å². The minimum Gasteiger partial charge on any atom is -0.507 e. The molecule has 158 valence electrons. The van der Waals surface area contributed by atoms with E-state index >= 15 is 0 Å². The molecule has 0 fully saturated rings. The number of pyridine rings is 1. The predicted octanol–water partition coefficient (Wildman–Crippen LogP) is 5.69. The Hall–Kier alpha value is -3.89. The molecule has 0 amide bonds. The van der Waals surface area contributed by atoms with Crippen LogP contribution in [0.1, 0.15) is 11.1 Å². The Morgan fingerprint density at radius 2 is 1.47 bits per heavy atom. The molecule has 0 saturated carbocycles. The van der Waals surface area contributed by atoms with Gasteiger partial charge in [0, 0.05) is 30.2 Å². The van der Waals surface area contributed by atoms with E-state index in [1.54, 1.807) is 24.4 Å². The van der Waals surface area contributed by atoms with Gasteiger partial charge < -0.3 is 10.1 Å². The molecule has 2 N–H and O–H groups in total. The van der Waals surface area contributed by atoms with Crippen LogP contribution >= 0.6 is 0 Å². The standard InChI is InChI=1S/C28H24N2O2/c1-30(17-19-8-3-2-4-9-19)18-20-14-15-23(22-11-6-5-10-21(20)22)25-16-29-28(32)24-12-7-13-26(31)27(24)25/h2-16,31H,17-18H2,1H3,(H,29,32). The Bertz CT molecular complexity index is 1470. The zero-order valence-electron chi connectivity index (χ0n) is 17.9. The largest absolute Gasteiger partial charge is 0.507 e. The van der Waals surface area contributed by atoms with Crippen molar-refractivity contribution in [3.8, 4) is 16.9 Å². The van der Waals surface area contributed by atoms with E-state index in [0.29, 0.717) is 10.8 Å². The van der Waals surface area contributed by atoms with Crippen molar-refractivity contribution in [2.75, 3.05) is 7.05 Å². The van der Waals surface area contributed by atoms with Gasteiger partial charge in [-0.05, 0) is 46.6 Å². The summed E-state index contributed by atoms with van der Waals surface area (Å²) >= 11 is 0. The lowest BCUT2D eigenvalue weighted by atomic mass is 9.93. The molecule has 0 radical (unpaired) electrons. The van der Waals surface area contributed by atoms with E-state index in [1.165, 1.54) is 16.5 Å². The Morgan fingerprint density at radius 3 is 2.28 bits per heavy atom. The molecule has 0 aliphatic carbocycles. The highest BCUT2D eigenvalue weighted by molar-refractivity contribution is 6.07. The van der Waals surface area contributed by atoms with E-state index in [9.17, 15) is 9.90 Å². The fourth-order valence-electron chi connectivity index (χ4n) is 4.49. The molecular formula is C28H24N2O2. The topological polar surface area (TPSA) is 56.3 Å². The predicted molar refractivity (Wildman–Crippen MR) is 131 cm³/mol. The van der Waals surface area contributed by atoms with Crippen LogP contribution < -0.4 is 5.56 Å². The number of hydrogen-bond donors (Lipinski definition) is 2. The first-order chi connectivity index (χ1) is 15.6. The maximum atomic E-state index is 12.3. The van der Waals surface area contributed by atoms with Gasteiger partial charge in [-0.25, -0.2) is 0 Å². The zero-order valence-corrected chi connectivity index (χ0v) is 17.9. The molecule has 0 saturated heterocycles. The van der Waals surface area contributed by atoms with Crippen molar-refractivity contribution in [3.63, 3.8) is 0 Å². The lowest BCUT2D eigenvalue weighted by Crippen LogP contribution is -2.17. The SMILES string of the molecule is CN(Cc1ccccc1)Cc1ccc(-c2c[nH]c(=O)c3cccc(O)c23)c2ccccc12. The summed E-state index contributed by atoms with van der Waals surface area (Å²) in [5.41, 5.74) is 4.12. The van der Waals surface area contributed by atoms with Gasteiger partial charge in [-0.2, -0.15) is 0 Å². The van der Waals surface area contributed by atoms with Gasteiger partial charge in [0.25, 0.3) is 5.56 Å². The molecule has 4 nitrogen and oxygen atoms in total. The Labute approximate surface area is 186 Å². The van der Waals surface area contributed by atoms with Crippen LogP contribution in [0, 0.1) is 0 Å². The number of aromatic amines is 1. The lowest BCUT2D eigenvalue weighted by molar-refractivity contribution is 0.320. The van der Waals surface area contributed by atoms with Gasteiger partial charge in [0.1, 0.15) is 5.75 Å². The second-order valence-electron chi connectivity index (χ2n) is 8.21. The van der Waals surface area contributed by atoms with Gasteiger partial charge in [-0.1, -0.05) is 72.8 Å². The first-order valence-electron chi connectivity index (χ1n) is 10.7. The molecule has 0 bridgehead atoms. The van der Waals surface area contributed by atoms with Gasteiger partial charge in [-0.15, -0.1) is 0 Å². The molecule has 1 heterocycles. The fraction of sp³-hybridized carbons (Fsp3) is 0.107. The molecule has 4 aromatic carbocycles. The number of phenols is 1. The van der Waals surface area contributed by atoms with Crippen molar-refractivity contribution in [1.29, 1.82) is 0 Å². The molecule has 5 rings (SSSR count).